The Hall–Kier alpha value is -3.12. The van der Waals surface area contributed by atoms with Gasteiger partial charge in [0.1, 0.15) is 5.57 Å². The van der Waals surface area contributed by atoms with E-state index in [1.165, 1.54) is 5.01 Å². The van der Waals surface area contributed by atoms with Crippen molar-refractivity contribution in [1.82, 2.24) is 5.43 Å². The molecule has 0 aromatic heterocycles. The Morgan fingerprint density at radius 1 is 0.885 bits per heavy atom. The van der Waals surface area contributed by atoms with Gasteiger partial charge in [-0.05, 0) is 35.9 Å². The molecule has 26 heavy (non-hydrogen) atoms. The number of ether oxygens (including phenoxy) is 1. The van der Waals surface area contributed by atoms with E-state index in [0.29, 0.717) is 5.69 Å². The summed E-state index contributed by atoms with van der Waals surface area (Å²) in [5.74, 6) is -0.741. The van der Waals surface area contributed by atoms with Crippen LogP contribution in [0.2, 0.25) is 0 Å². The first-order valence-corrected chi connectivity index (χ1v) is 8.57. The first kappa shape index (κ1) is 16.4. The van der Waals surface area contributed by atoms with Crippen LogP contribution in [0.4, 0.5) is 11.4 Å². The molecule has 0 aliphatic carbocycles. The molecule has 0 bridgehead atoms. The minimum atomic E-state index is -0.392. The predicted octanol–water partition coefficient (Wildman–Crippen LogP) is 1.98. The van der Waals surface area contributed by atoms with E-state index in [0.717, 1.165) is 37.6 Å². The van der Waals surface area contributed by atoms with Gasteiger partial charge < -0.3 is 9.64 Å². The monoisotopic (exact) mass is 349 g/mol. The fourth-order valence-corrected chi connectivity index (χ4v) is 3.09. The lowest BCUT2D eigenvalue weighted by molar-refractivity contribution is -0.117. The fourth-order valence-electron chi connectivity index (χ4n) is 3.09. The molecule has 2 aliphatic rings. The van der Waals surface area contributed by atoms with Gasteiger partial charge in [-0.1, -0.05) is 30.3 Å². The maximum Gasteiger partial charge on any atom is 0.282 e. The molecule has 1 N–H and O–H groups in total. The topological polar surface area (TPSA) is 61.9 Å². The third-order valence-electron chi connectivity index (χ3n) is 4.49. The molecule has 6 nitrogen and oxygen atoms in total. The Morgan fingerprint density at radius 3 is 2.27 bits per heavy atom. The smallest absolute Gasteiger partial charge is 0.282 e. The molecule has 132 valence electrons. The zero-order chi connectivity index (χ0) is 17.9. The number of nitrogens with zero attached hydrogens (tertiary/aromatic N) is 2. The van der Waals surface area contributed by atoms with E-state index in [9.17, 15) is 9.59 Å². The van der Waals surface area contributed by atoms with E-state index >= 15 is 0 Å². The summed E-state index contributed by atoms with van der Waals surface area (Å²) in [5.41, 5.74) is 5.31. The molecule has 0 unspecified atom stereocenters. The van der Waals surface area contributed by atoms with Crippen LogP contribution in [-0.4, -0.2) is 38.1 Å². The number of hydrogen-bond donors (Lipinski definition) is 1. The van der Waals surface area contributed by atoms with Crippen molar-refractivity contribution in [3.8, 4) is 0 Å². The summed E-state index contributed by atoms with van der Waals surface area (Å²) in [6.45, 7) is 3.20. The number of morpholine rings is 1. The normalized spacial score (nSPS) is 19.2. The summed E-state index contributed by atoms with van der Waals surface area (Å²) in [5, 5.41) is 1.27. The number of carbonyl (C=O) groups is 2. The Balaban J connectivity index is 1.54. The molecule has 2 aliphatic heterocycles. The molecule has 0 spiro atoms. The van der Waals surface area contributed by atoms with Crippen LogP contribution < -0.4 is 15.3 Å². The van der Waals surface area contributed by atoms with Crippen LogP contribution in [0.25, 0.3) is 6.08 Å². The van der Waals surface area contributed by atoms with Crippen LogP contribution in [0.15, 0.2) is 60.2 Å². The average Bonchev–Trinajstić information content (AvgIpc) is 2.98. The SMILES string of the molecule is O=C1NN(c2ccccc2)C(=O)C1=Cc1ccc(N2CCOCC2)cc1. The Morgan fingerprint density at radius 2 is 1.58 bits per heavy atom. The molecule has 6 heteroatoms. The van der Waals surface area contributed by atoms with Gasteiger partial charge in [0.2, 0.25) is 0 Å². The first-order chi connectivity index (χ1) is 12.7. The van der Waals surface area contributed by atoms with Crippen molar-refractivity contribution in [3.05, 3.63) is 65.7 Å². The highest BCUT2D eigenvalue weighted by molar-refractivity contribution is 6.31. The van der Waals surface area contributed by atoms with Crippen molar-refractivity contribution in [3.63, 3.8) is 0 Å². The number of para-hydroxylation sites is 1. The van der Waals surface area contributed by atoms with Gasteiger partial charge in [0.15, 0.2) is 0 Å². The van der Waals surface area contributed by atoms with Crippen LogP contribution in [0, 0.1) is 0 Å². The first-order valence-electron chi connectivity index (χ1n) is 8.57. The third-order valence-corrected chi connectivity index (χ3v) is 4.49. The number of hydrogen-bond acceptors (Lipinski definition) is 4. The molecule has 4 rings (SSSR count). The van der Waals surface area contributed by atoms with E-state index < -0.39 is 5.91 Å². The predicted molar refractivity (Wildman–Crippen MR) is 99.5 cm³/mol. The number of rotatable bonds is 3. The van der Waals surface area contributed by atoms with E-state index in [1.807, 2.05) is 42.5 Å². The summed E-state index contributed by atoms with van der Waals surface area (Å²) >= 11 is 0. The fraction of sp³-hybridized carbons (Fsp3) is 0.200. The zero-order valence-corrected chi connectivity index (χ0v) is 14.2. The molecular weight excluding hydrogens is 330 g/mol. The van der Waals surface area contributed by atoms with Crippen molar-refractivity contribution < 1.29 is 14.3 Å². The molecule has 0 atom stereocenters. The van der Waals surface area contributed by atoms with Gasteiger partial charge in [-0.15, -0.1) is 0 Å². The summed E-state index contributed by atoms with van der Waals surface area (Å²) in [6.07, 6.45) is 1.63. The molecule has 2 aromatic carbocycles. The van der Waals surface area contributed by atoms with Crippen molar-refractivity contribution in [2.75, 3.05) is 36.2 Å². The lowest BCUT2D eigenvalue weighted by Gasteiger charge is -2.28. The van der Waals surface area contributed by atoms with Crippen molar-refractivity contribution in [2.45, 2.75) is 0 Å². The summed E-state index contributed by atoms with van der Waals surface area (Å²) < 4.78 is 5.37. The molecule has 2 fully saturated rings. The minimum Gasteiger partial charge on any atom is -0.378 e. The highest BCUT2D eigenvalue weighted by Gasteiger charge is 2.34. The zero-order valence-electron chi connectivity index (χ0n) is 14.2. The second-order valence-corrected chi connectivity index (χ2v) is 6.17. The van der Waals surface area contributed by atoms with E-state index in [1.54, 1.807) is 18.2 Å². The van der Waals surface area contributed by atoms with Crippen LogP contribution in [0.5, 0.6) is 0 Å². The molecule has 2 heterocycles. The number of anilines is 2. The van der Waals surface area contributed by atoms with Crippen LogP contribution in [-0.2, 0) is 14.3 Å². The average molecular weight is 349 g/mol. The van der Waals surface area contributed by atoms with Gasteiger partial charge in [0, 0.05) is 18.8 Å². The highest BCUT2D eigenvalue weighted by Crippen LogP contribution is 2.22. The van der Waals surface area contributed by atoms with Gasteiger partial charge in [-0.2, -0.15) is 0 Å². The van der Waals surface area contributed by atoms with E-state index in [-0.39, 0.29) is 11.5 Å². The van der Waals surface area contributed by atoms with E-state index in [2.05, 4.69) is 10.3 Å². The molecular formula is C20H19N3O3. The second kappa shape index (κ2) is 7.01. The van der Waals surface area contributed by atoms with Gasteiger partial charge in [-0.25, -0.2) is 5.01 Å². The maximum absolute atomic E-state index is 12.6. The summed E-state index contributed by atoms with van der Waals surface area (Å²) in [6, 6.07) is 16.9. The Bertz CT molecular complexity index is 840. The highest BCUT2D eigenvalue weighted by atomic mass is 16.5. The van der Waals surface area contributed by atoms with Gasteiger partial charge in [0.05, 0.1) is 18.9 Å². The van der Waals surface area contributed by atoms with Crippen molar-refractivity contribution in [1.29, 1.82) is 0 Å². The second-order valence-electron chi connectivity index (χ2n) is 6.17. The lowest BCUT2D eigenvalue weighted by atomic mass is 10.1. The van der Waals surface area contributed by atoms with Crippen molar-refractivity contribution >= 4 is 29.3 Å². The number of amides is 2. The van der Waals surface area contributed by atoms with Gasteiger partial charge in [0.25, 0.3) is 11.8 Å². The third kappa shape index (κ3) is 3.19. The maximum atomic E-state index is 12.6. The van der Waals surface area contributed by atoms with Crippen molar-refractivity contribution in [2.24, 2.45) is 0 Å². The largest absolute Gasteiger partial charge is 0.378 e. The molecule has 0 saturated carbocycles. The Labute approximate surface area is 151 Å². The molecule has 0 radical (unpaired) electrons. The molecule has 2 amide bonds. The molecule has 2 saturated heterocycles. The van der Waals surface area contributed by atoms with Crippen LogP contribution in [0.3, 0.4) is 0 Å². The number of nitrogens with one attached hydrogen (secondary N) is 1. The standard InChI is InChI=1S/C20H19N3O3/c24-19-18(20(25)23(21-19)17-4-2-1-3-5-17)14-15-6-8-16(9-7-15)22-10-12-26-13-11-22/h1-9,14H,10-13H2,(H,21,24). The quantitative estimate of drug-likeness (QED) is 0.680. The van der Waals surface area contributed by atoms with Gasteiger partial charge in [-0.3, -0.25) is 15.0 Å². The Kier molecular flexibility index (Phi) is 4.41. The van der Waals surface area contributed by atoms with E-state index in [4.69, 9.17) is 4.74 Å². The number of carbonyl (C=O) groups excluding carboxylic acids is 2. The van der Waals surface area contributed by atoms with Crippen LogP contribution >= 0.6 is 0 Å². The van der Waals surface area contributed by atoms with Gasteiger partial charge >= 0.3 is 0 Å². The molecule has 2 aromatic rings. The lowest BCUT2D eigenvalue weighted by Crippen LogP contribution is -2.36. The minimum absolute atomic E-state index is 0.132. The van der Waals surface area contributed by atoms with Crippen LogP contribution in [0.1, 0.15) is 5.56 Å². The number of benzene rings is 2. The summed E-state index contributed by atoms with van der Waals surface area (Å²) in [4.78, 5) is 27.1. The number of hydrazine groups is 1. The summed E-state index contributed by atoms with van der Waals surface area (Å²) in [7, 11) is 0.